The van der Waals surface area contributed by atoms with Crippen LogP contribution in [-0.4, -0.2) is 31.1 Å². The Hall–Kier alpha value is -5.81. The van der Waals surface area contributed by atoms with E-state index >= 15 is 0 Å². The van der Waals surface area contributed by atoms with Gasteiger partial charge in [0.05, 0.1) is 0 Å². The van der Waals surface area contributed by atoms with Crippen LogP contribution in [0.25, 0.3) is 28.9 Å². The topological polar surface area (TPSA) is 123 Å². The van der Waals surface area contributed by atoms with Crippen LogP contribution in [0, 0.1) is 11.3 Å². The first-order valence-corrected chi connectivity index (χ1v) is 11.9. The molecule has 8 nitrogen and oxygen atoms in total. The van der Waals surface area contributed by atoms with Crippen LogP contribution in [0.3, 0.4) is 0 Å². The molecule has 0 bridgehead atoms. The van der Waals surface area contributed by atoms with Gasteiger partial charge in [-0.05, 0) is 60.2 Å². The summed E-state index contributed by atoms with van der Waals surface area (Å²) in [6.45, 7) is 0. The number of anilines is 3. The lowest BCUT2D eigenvalue weighted by atomic mass is 10.1. The average molecular weight is 512 g/mol. The molecular formula is C31H21N5O3. The van der Waals surface area contributed by atoms with Crippen LogP contribution in [0.1, 0.15) is 5.56 Å². The van der Waals surface area contributed by atoms with Crippen molar-refractivity contribution in [2.45, 2.75) is 0 Å². The number of hydrogen-bond acceptors (Lipinski definition) is 7. The number of benzene rings is 4. The van der Waals surface area contributed by atoms with E-state index in [1.165, 1.54) is 6.08 Å². The maximum absolute atomic E-state index is 11.1. The average Bonchev–Trinajstić information content (AvgIpc) is 2.97. The highest BCUT2D eigenvalue weighted by atomic mass is 16.4. The zero-order valence-corrected chi connectivity index (χ0v) is 20.5. The lowest BCUT2D eigenvalue weighted by Crippen LogP contribution is -2.09. The minimum atomic E-state index is -1.30. The molecule has 5 aromatic rings. The van der Waals surface area contributed by atoms with Gasteiger partial charge in [-0.25, -0.2) is 9.78 Å². The highest BCUT2D eigenvalue weighted by molar-refractivity contribution is 5.96. The van der Waals surface area contributed by atoms with E-state index in [1.807, 2.05) is 84.9 Å². The Morgan fingerprint density at radius 2 is 1.15 bits per heavy atom. The molecule has 0 aliphatic heterocycles. The van der Waals surface area contributed by atoms with Crippen LogP contribution in [0.5, 0.6) is 6.01 Å². The number of hydrogen-bond donors (Lipinski definition) is 2. The van der Waals surface area contributed by atoms with E-state index in [9.17, 15) is 9.90 Å². The van der Waals surface area contributed by atoms with Crippen molar-refractivity contribution in [1.82, 2.24) is 15.0 Å². The standard InChI is InChI=1S/C31H21N5O3/c32-20-24(30(37)38)19-21-11-13-22(14-12-21)28-33-29(35-31(39)34-28)23-15-17-27(18-16-23)36(25-7-3-1-4-8-25)26-9-5-2-6-10-26/h1-19H,(H,37,38)(H,33,34,35,39)/b24-19-. The molecule has 0 amide bonds. The summed E-state index contributed by atoms with van der Waals surface area (Å²) in [7, 11) is 0. The van der Waals surface area contributed by atoms with Crippen molar-refractivity contribution < 1.29 is 15.0 Å². The van der Waals surface area contributed by atoms with E-state index in [0.717, 1.165) is 17.1 Å². The number of carboxylic acid groups (broad SMARTS) is 1. The molecule has 1 heterocycles. The molecule has 5 rings (SSSR count). The van der Waals surface area contributed by atoms with Crippen molar-refractivity contribution >= 4 is 29.1 Å². The second-order valence-electron chi connectivity index (χ2n) is 8.43. The number of rotatable bonds is 7. The van der Waals surface area contributed by atoms with Crippen molar-refractivity contribution in [1.29, 1.82) is 5.26 Å². The second kappa shape index (κ2) is 11.1. The molecule has 0 spiro atoms. The summed E-state index contributed by atoms with van der Waals surface area (Å²) in [4.78, 5) is 25.9. The normalized spacial score (nSPS) is 11.0. The molecule has 0 radical (unpaired) electrons. The van der Waals surface area contributed by atoms with E-state index in [0.29, 0.717) is 22.5 Å². The first kappa shape index (κ1) is 24.9. The van der Waals surface area contributed by atoms with Crippen LogP contribution in [0.2, 0.25) is 0 Å². The maximum atomic E-state index is 11.1. The quantitative estimate of drug-likeness (QED) is 0.191. The van der Waals surface area contributed by atoms with Crippen LogP contribution < -0.4 is 4.90 Å². The van der Waals surface area contributed by atoms with Gasteiger partial charge in [-0.3, -0.25) is 0 Å². The number of carboxylic acids is 1. The van der Waals surface area contributed by atoms with E-state index < -0.39 is 12.0 Å². The summed E-state index contributed by atoms with van der Waals surface area (Å²) < 4.78 is 0. The minimum absolute atomic E-state index is 0.256. The van der Waals surface area contributed by atoms with Crippen molar-refractivity contribution in [3.8, 4) is 34.9 Å². The fraction of sp³-hybridized carbons (Fsp3) is 0. The third-order valence-electron chi connectivity index (χ3n) is 5.87. The van der Waals surface area contributed by atoms with Crippen molar-refractivity contribution in [3.05, 3.63) is 120 Å². The Labute approximate surface area is 224 Å². The number of para-hydroxylation sites is 2. The molecule has 0 aliphatic rings. The predicted octanol–water partition coefficient (Wildman–Crippen LogP) is 6.37. The zero-order valence-electron chi connectivity index (χ0n) is 20.5. The first-order valence-electron chi connectivity index (χ1n) is 11.9. The molecule has 0 unspecified atom stereocenters. The first-order chi connectivity index (χ1) is 19.0. The lowest BCUT2D eigenvalue weighted by Gasteiger charge is -2.25. The second-order valence-corrected chi connectivity index (χ2v) is 8.43. The summed E-state index contributed by atoms with van der Waals surface area (Å²) >= 11 is 0. The Morgan fingerprint density at radius 1 is 0.692 bits per heavy atom. The van der Waals surface area contributed by atoms with Crippen molar-refractivity contribution in [3.63, 3.8) is 0 Å². The summed E-state index contributed by atoms with van der Waals surface area (Å²) in [5.74, 6) is -0.738. The summed E-state index contributed by atoms with van der Waals surface area (Å²) in [6.07, 6.45) is 1.28. The molecule has 8 heteroatoms. The molecular weight excluding hydrogens is 490 g/mol. The van der Waals surface area contributed by atoms with Crippen LogP contribution >= 0.6 is 0 Å². The highest BCUT2D eigenvalue weighted by Crippen LogP contribution is 2.35. The van der Waals surface area contributed by atoms with E-state index in [1.54, 1.807) is 30.3 Å². The monoisotopic (exact) mass is 511 g/mol. The Kier molecular flexibility index (Phi) is 7.06. The SMILES string of the molecule is N#C/C(=C/c1ccc(-c2nc(O)nc(-c3ccc(N(c4ccccc4)c4ccccc4)cc3)n2)cc1)C(=O)O. The van der Waals surface area contributed by atoms with Gasteiger partial charge in [0.25, 0.3) is 0 Å². The molecule has 2 N–H and O–H groups in total. The van der Waals surface area contributed by atoms with Gasteiger partial charge in [0.15, 0.2) is 11.6 Å². The Balaban J connectivity index is 1.46. The lowest BCUT2D eigenvalue weighted by molar-refractivity contribution is -0.132. The molecule has 0 saturated carbocycles. The summed E-state index contributed by atoms with van der Waals surface area (Å²) in [5.41, 5.74) is 4.42. The van der Waals surface area contributed by atoms with Crippen molar-refractivity contribution in [2.75, 3.05) is 4.90 Å². The molecule has 39 heavy (non-hydrogen) atoms. The molecule has 0 fully saturated rings. The third kappa shape index (κ3) is 5.63. The Morgan fingerprint density at radius 3 is 1.62 bits per heavy atom. The molecule has 0 saturated heterocycles. The molecule has 0 aliphatic carbocycles. The van der Waals surface area contributed by atoms with Crippen LogP contribution in [0.4, 0.5) is 17.1 Å². The number of aromatic hydroxyl groups is 1. The molecule has 0 atom stereocenters. The smallest absolute Gasteiger partial charge is 0.346 e. The van der Waals surface area contributed by atoms with Gasteiger partial charge >= 0.3 is 12.0 Å². The fourth-order valence-corrected chi connectivity index (χ4v) is 4.02. The number of aromatic nitrogens is 3. The van der Waals surface area contributed by atoms with Crippen molar-refractivity contribution in [2.24, 2.45) is 0 Å². The summed E-state index contributed by atoms with van der Waals surface area (Å²) in [5, 5.41) is 28.3. The molecule has 4 aromatic carbocycles. The van der Waals surface area contributed by atoms with E-state index in [4.69, 9.17) is 10.4 Å². The van der Waals surface area contributed by atoms with Gasteiger partial charge in [-0.15, -0.1) is 0 Å². The van der Waals surface area contributed by atoms with Gasteiger partial charge in [0.2, 0.25) is 0 Å². The van der Waals surface area contributed by atoms with Crippen LogP contribution in [-0.2, 0) is 4.79 Å². The number of aliphatic carboxylic acids is 1. The highest BCUT2D eigenvalue weighted by Gasteiger charge is 2.14. The Bertz CT molecular complexity index is 1640. The van der Waals surface area contributed by atoms with E-state index in [-0.39, 0.29) is 11.4 Å². The predicted molar refractivity (Wildman–Crippen MR) is 148 cm³/mol. The third-order valence-corrected chi connectivity index (χ3v) is 5.87. The number of nitriles is 1. The van der Waals surface area contributed by atoms with Gasteiger partial charge in [-0.1, -0.05) is 60.7 Å². The molecule has 188 valence electrons. The van der Waals surface area contributed by atoms with Gasteiger partial charge in [0, 0.05) is 28.2 Å². The van der Waals surface area contributed by atoms with Gasteiger partial charge < -0.3 is 15.1 Å². The fourth-order valence-electron chi connectivity index (χ4n) is 4.02. The minimum Gasteiger partial charge on any atom is -0.479 e. The zero-order chi connectivity index (χ0) is 27.2. The number of carbonyl (C=O) groups is 1. The van der Waals surface area contributed by atoms with Crippen LogP contribution in [0.15, 0.2) is 115 Å². The maximum Gasteiger partial charge on any atom is 0.346 e. The largest absolute Gasteiger partial charge is 0.479 e. The summed E-state index contributed by atoms with van der Waals surface area (Å²) in [6, 6.07) is 35.7. The van der Waals surface area contributed by atoms with Gasteiger partial charge in [0.1, 0.15) is 11.6 Å². The van der Waals surface area contributed by atoms with Gasteiger partial charge in [-0.2, -0.15) is 15.2 Å². The number of nitrogens with zero attached hydrogens (tertiary/aromatic N) is 5. The van der Waals surface area contributed by atoms with E-state index in [2.05, 4.69) is 19.9 Å². The molecule has 1 aromatic heterocycles.